The predicted molar refractivity (Wildman–Crippen MR) is 67.5 cm³/mol. The number of carbonyl (C=O) groups is 3. The Morgan fingerprint density at radius 3 is 2.21 bits per heavy atom. The van der Waals surface area contributed by atoms with Crippen molar-refractivity contribution in [1.29, 1.82) is 0 Å². The summed E-state index contributed by atoms with van der Waals surface area (Å²) in [6, 6.07) is 0. The van der Waals surface area contributed by atoms with Crippen LogP contribution in [0.15, 0.2) is 0 Å². The SMILES string of the molecule is CCOC(=O)CCCCC(CC(=O)O)C(=O)OCC. The molecule has 0 radical (unpaired) electrons. The van der Waals surface area contributed by atoms with E-state index in [1.165, 1.54) is 0 Å². The average Bonchev–Trinajstić information content (AvgIpc) is 2.33. The molecule has 19 heavy (non-hydrogen) atoms. The summed E-state index contributed by atoms with van der Waals surface area (Å²) in [5, 5.41) is 8.73. The number of ether oxygens (including phenoxy) is 2. The van der Waals surface area contributed by atoms with Gasteiger partial charge < -0.3 is 14.6 Å². The van der Waals surface area contributed by atoms with Crippen LogP contribution >= 0.6 is 0 Å². The Kier molecular flexibility index (Phi) is 9.48. The molecule has 0 fully saturated rings. The van der Waals surface area contributed by atoms with E-state index in [0.717, 1.165) is 0 Å². The molecule has 0 saturated heterocycles. The zero-order chi connectivity index (χ0) is 14.7. The number of carbonyl (C=O) groups excluding carboxylic acids is 2. The molecule has 6 nitrogen and oxygen atoms in total. The number of unbranched alkanes of at least 4 members (excludes halogenated alkanes) is 1. The topological polar surface area (TPSA) is 89.9 Å². The molecule has 110 valence electrons. The van der Waals surface area contributed by atoms with Crippen LogP contribution in [0.3, 0.4) is 0 Å². The number of esters is 2. The maximum Gasteiger partial charge on any atom is 0.309 e. The third-order valence-corrected chi connectivity index (χ3v) is 2.53. The molecular formula is C13H22O6. The Balaban J connectivity index is 4.02. The summed E-state index contributed by atoms with van der Waals surface area (Å²) in [7, 11) is 0. The van der Waals surface area contributed by atoms with Crippen LogP contribution in [0.4, 0.5) is 0 Å². The van der Waals surface area contributed by atoms with Crippen LogP contribution in [0.2, 0.25) is 0 Å². The zero-order valence-electron chi connectivity index (χ0n) is 11.5. The van der Waals surface area contributed by atoms with Gasteiger partial charge in [0.05, 0.1) is 25.6 Å². The fourth-order valence-electron chi connectivity index (χ4n) is 1.67. The number of carboxylic acids is 1. The van der Waals surface area contributed by atoms with Crippen LogP contribution in [-0.2, 0) is 23.9 Å². The van der Waals surface area contributed by atoms with Gasteiger partial charge in [0.2, 0.25) is 0 Å². The third kappa shape index (κ3) is 9.04. The lowest BCUT2D eigenvalue weighted by molar-refractivity contribution is -0.153. The fraction of sp³-hybridized carbons (Fsp3) is 0.769. The van der Waals surface area contributed by atoms with E-state index < -0.39 is 17.9 Å². The molecule has 0 rings (SSSR count). The molecule has 0 aromatic heterocycles. The Labute approximate surface area is 113 Å². The molecule has 0 amide bonds. The number of hydrogen-bond donors (Lipinski definition) is 1. The van der Waals surface area contributed by atoms with E-state index in [1.54, 1.807) is 13.8 Å². The van der Waals surface area contributed by atoms with Gasteiger partial charge in [-0.2, -0.15) is 0 Å². The highest BCUT2D eigenvalue weighted by Gasteiger charge is 2.22. The van der Waals surface area contributed by atoms with Crippen molar-refractivity contribution < 1.29 is 29.0 Å². The Hall–Kier alpha value is -1.59. The molecular weight excluding hydrogens is 252 g/mol. The summed E-state index contributed by atoms with van der Waals surface area (Å²) >= 11 is 0. The Bertz CT molecular complexity index is 300. The minimum absolute atomic E-state index is 0.234. The standard InChI is InChI=1S/C13H22O6/c1-3-18-12(16)8-6-5-7-10(9-11(14)15)13(17)19-4-2/h10H,3-9H2,1-2H3,(H,14,15). The highest BCUT2D eigenvalue weighted by Crippen LogP contribution is 2.16. The molecule has 1 unspecified atom stereocenters. The highest BCUT2D eigenvalue weighted by atomic mass is 16.5. The first-order valence-corrected chi connectivity index (χ1v) is 6.55. The third-order valence-electron chi connectivity index (χ3n) is 2.53. The lowest BCUT2D eigenvalue weighted by Gasteiger charge is -2.13. The van der Waals surface area contributed by atoms with Gasteiger partial charge >= 0.3 is 17.9 Å². The molecule has 1 N–H and O–H groups in total. The van der Waals surface area contributed by atoms with Crippen molar-refractivity contribution in [3.05, 3.63) is 0 Å². The summed E-state index contributed by atoms with van der Waals surface area (Å²) in [4.78, 5) is 33.3. The van der Waals surface area contributed by atoms with Crippen molar-refractivity contribution in [3.8, 4) is 0 Å². The smallest absolute Gasteiger partial charge is 0.309 e. The van der Waals surface area contributed by atoms with Gasteiger partial charge in [-0.3, -0.25) is 14.4 Å². The van der Waals surface area contributed by atoms with E-state index in [2.05, 4.69) is 0 Å². The lowest BCUT2D eigenvalue weighted by Crippen LogP contribution is -2.21. The van der Waals surface area contributed by atoms with Crippen LogP contribution in [0.5, 0.6) is 0 Å². The number of rotatable bonds is 10. The van der Waals surface area contributed by atoms with Gasteiger partial charge in [0.15, 0.2) is 0 Å². The highest BCUT2D eigenvalue weighted by molar-refractivity contribution is 5.79. The molecule has 0 aromatic carbocycles. The van der Waals surface area contributed by atoms with Crippen molar-refractivity contribution in [2.75, 3.05) is 13.2 Å². The zero-order valence-corrected chi connectivity index (χ0v) is 11.5. The number of hydrogen-bond acceptors (Lipinski definition) is 5. The quantitative estimate of drug-likeness (QED) is 0.482. The van der Waals surface area contributed by atoms with Gasteiger partial charge in [0.25, 0.3) is 0 Å². The molecule has 0 heterocycles. The minimum Gasteiger partial charge on any atom is -0.481 e. The van der Waals surface area contributed by atoms with E-state index in [0.29, 0.717) is 25.9 Å². The molecule has 0 aliphatic carbocycles. The molecule has 0 aliphatic heterocycles. The van der Waals surface area contributed by atoms with Crippen LogP contribution in [0.25, 0.3) is 0 Å². The van der Waals surface area contributed by atoms with E-state index in [-0.39, 0.29) is 25.4 Å². The molecule has 0 aliphatic rings. The van der Waals surface area contributed by atoms with Crippen molar-refractivity contribution in [2.24, 2.45) is 5.92 Å². The van der Waals surface area contributed by atoms with Crippen molar-refractivity contribution in [1.82, 2.24) is 0 Å². The van der Waals surface area contributed by atoms with Crippen LogP contribution in [0, 0.1) is 5.92 Å². The second kappa shape index (κ2) is 10.3. The Morgan fingerprint density at radius 2 is 1.68 bits per heavy atom. The molecule has 0 aromatic rings. The van der Waals surface area contributed by atoms with E-state index in [4.69, 9.17) is 14.6 Å². The first-order valence-electron chi connectivity index (χ1n) is 6.55. The second-order valence-electron chi connectivity index (χ2n) is 4.10. The summed E-state index contributed by atoms with van der Waals surface area (Å²) in [6.07, 6.45) is 1.63. The number of aliphatic carboxylic acids is 1. The monoisotopic (exact) mass is 274 g/mol. The van der Waals surface area contributed by atoms with E-state index >= 15 is 0 Å². The van der Waals surface area contributed by atoms with Gasteiger partial charge in [-0.15, -0.1) is 0 Å². The fourth-order valence-corrected chi connectivity index (χ4v) is 1.67. The number of carboxylic acid groups (broad SMARTS) is 1. The lowest BCUT2D eigenvalue weighted by atomic mass is 9.98. The van der Waals surface area contributed by atoms with E-state index in [9.17, 15) is 14.4 Å². The average molecular weight is 274 g/mol. The summed E-state index contributed by atoms with van der Waals surface area (Å²) in [6.45, 7) is 4.00. The summed E-state index contributed by atoms with van der Waals surface area (Å²) in [5.74, 6) is -2.42. The normalized spacial score (nSPS) is 11.7. The van der Waals surface area contributed by atoms with Gasteiger partial charge in [0.1, 0.15) is 0 Å². The van der Waals surface area contributed by atoms with Gasteiger partial charge in [-0.25, -0.2) is 0 Å². The molecule has 1 atom stereocenters. The van der Waals surface area contributed by atoms with Gasteiger partial charge in [-0.1, -0.05) is 6.42 Å². The van der Waals surface area contributed by atoms with Crippen molar-refractivity contribution in [2.45, 2.75) is 46.0 Å². The van der Waals surface area contributed by atoms with Crippen LogP contribution in [-0.4, -0.2) is 36.2 Å². The first kappa shape index (κ1) is 17.4. The largest absolute Gasteiger partial charge is 0.481 e. The molecule has 6 heteroatoms. The van der Waals surface area contributed by atoms with Gasteiger partial charge in [-0.05, 0) is 26.7 Å². The van der Waals surface area contributed by atoms with Crippen LogP contribution in [0.1, 0.15) is 46.0 Å². The first-order chi connectivity index (χ1) is 9.01. The Morgan fingerprint density at radius 1 is 1.05 bits per heavy atom. The molecule has 0 spiro atoms. The maximum absolute atomic E-state index is 11.5. The summed E-state index contributed by atoms with van der Waals surface area (Å²) < 4.78 is 9.60. The maximum atomic E-state index is 11.5. The molecule has 0 bridgehead atoms. The van der Waals surface area contributed by atoms with Crippen molar-refractivity contribution in [3.63, 3.8) is 0 Å². The van der Waals surface area contributed by atoms with Crippen LogP contribution < -0.4 is 0 Å². The summed E-state index contributed by atoms with van der Waals surface area (Å²) in [5.41, 5.74) is 0. The second-order valence-corrected chi connectivity index (χ2v) is 4.10. The van der Waals surface area contributed by atoms with Crippen molar-refractivity contribution >= 4 is 17.9 Å². The van der Waals surface area contributed by atoms with Gasteiger partial charge in [0, 0.05) is 6.42 Å². The predicted octanol–water partition coefficient (Wildman–Crippen LogP) is 1.76. The molecule has 0 saturated carbocycles. The minimum atomic E-state index is -1.02. The van der Waals surface area contributed by atoms with E-state index in [1.807, 2.05) is 0 Å².